The zero-order valence-corrected chi connectivity index (χ0v) is 8.65. The molecule has 2 nitrogen and oxygen atoms in total. The maximum absolute atomic E-state index is 13.5. The Bertz CT molecular complexity index is 579. The highest BCUT2D eigenvalue weighted by atomic mass is 19.1. The molecule has 0 aliphatic carbocycles. The molecule has 2 rings (SSSR count). The van der Waals surface area contributed by atoms with Gasteiger partial charge in [0.1, 0.15) is 11.6 Å². The molecular weight excluding hydrogens is 226 g/mol. The van der Waals surface area contributed by atoms with E-state index in [0.29, 0.717) is 0 Å². The highest BCUT2D eigenvalue weighted by molar-refractivity contribution is 5.96. The smallest absolute Gasteiger partial charge is 0.336 e. The van der Waals surface area contributed by atoms with Crippen molar-refractivity contribution in [1.82, 2.24) is 0 Å². The summed E-state index contributed by atoms with van der Waals surface area (Å²) >= 11 is 0. The van der Waals surface area contributed by atoms with Crippen LogP contribution in [-0.4, -0.2) is 11.1 Å². The van der Waals surface area contributed by atoms with Crippen LogP contribution in [-0.2, 0) is 0 Å². The highest BCUT2D eigenvalue weighted by Gasteiger charge is 2.14. The fourth-order valence-corrected chi connectivity index (χ4v) is 1.61. The zero-order chi connectivity index (χ0) is 12.4. The van der Waals surface area contributed by atoms with E-state index in [1.165, 1.54) is 18.2 Å². The topological polar surface area (TPSA) is 37.3 Å². The largest absolute Gasteiger partial charge is 0.478 e. The second-order valence-electron chi connectivity index (χ2n) is 3.47. The van der Waals surface area contributed by atoms with Crippen molar-refractivity contribution < 1.29 is 18.7 Å². The SMILES string of the molecule is O=C(O)c1ccccc1-c1cc(F)ccc1F. The number of hydrogen-bond acceptors (Lipinski definition) is 1. The Morgan fingerprint density at radius 1 is 1.00 bits per heavy atom. The number of hydrogen-bond donors (Lipinski definition) is 1. The maximum Gasteiger partial charge on any atom is 0.336 e. The first kappa shape index (κ1) is 11.3. The van der Waals surface area contributed by atoms with E-state index in [-0.39, 0.29) is 16.7 Å². The maximum atomic E-state index is 13.5. The van der Waals surface area contributed by atoms with Gasteiger partial charge in [0.2, 0.25) is 0 Å². The number of carboxylic acid groups (broad SMARTS) is 1. The molecule has 0 amide bonds. The number of aromatic carboxylic acids is 1. The van der Waals surface area contributed by atoms with Crippen LogP contribution in [0.25, 0.3) is 11.1 Å². The van der Waals surface area contributed by atoms with Crippen LogP contribution in [0.15, 0.2) is 42.5 Å². The van der Waals surface area contributed by atoms with E-state index in [4.69, 9.17) is 5.11 Å². The van der Waals surface area contributed by atoms with Crippen molar-refractivity contribution in [2.75, 3.05) is 0 Å². The second-order valence-corrected chi connectivity index (χ2v) is 3.47. The van der Waals surface area contributed by atoms with Gasteiger partial charge in [0.25, 0.3) is 0 Å². The third-order valence-electron chi connectivity index (χ3n) is 2.38. The van der Waals surface area contributed by atoms with E-state index in [1.807, 2.05) is 0 Å². The Morgan fingerprint density at radius 2 is 1.71 bits per heavy atom. The highest BCUT2D eigenvalue weighted by Crippen LogP contribution is 2.27. The van der Waals surface area contributed by atoms with Gasteiger partial charge in [-0.05, 0) is 29.8 Å². The predicted octanol–water partition coefficient (Wildman–Crippen LogP) is 3.33. The number of rotatable bonds is 2. The lowest BCUT2D eigenvalue weighted by Gasteiger charge is -2.07. The standard InChI is InChI=1S/C13H8F2O2/c14-8-5-6-12(15)11(7-8)9-3-1-2-4-10(9)13(16)17/h1-7H,(H,16,17). The summed E-state index contributed by atoms with van der Waals surface area (Å²) in [5, 5.41) is 8.97. The lowest BCUT2D eigenvalue weighted by molar-refractivity contribution is 0.0697. The Kier molecular flexibility index (Phi) is 2.87. The average Bonchev–Trinajstić information content (AvgIpc) is 2.32. The van der Waals surface area contributed by atoms with Crippen LogP contribution >= 0.6 is 0 Å². The lowest BCUT2D eigenvalue weighted by Crippen LogP contribution is -2.00. The molecule has 0 aliphatic rings. The van der Waals surface area contributed by atoms with Crippen molar-refractivity contribution in [1.29, 1.82) is 0 Å². The van der Waals surface area contributed by atoms with Gasteiger partial charge in [0.05, 0.1) is 5.56 Å². The van der Waals surface area contributed by atoms with E-state index in [9.17, 15) is 13.6 Å². The monoisotopic (exact) mass is 234 g/mol. The summed E-state index contributed by atoms with van der Waals surface area (Å²) in [7, 11) is 0. The van der Waals surface area contributed by atoms with Gasteiger partial charge < -0.3 is 5.11 Å². The van der Waals surface area contributed by atoms with Crippen molar-refractivity contribution >= 4 is 5.97 Å². The molecule has 0 fully saturated rings. The van der Waals surface area contributed by atoms with Crippen molar-refractivity contribution in [3.8, 4) is 11.1 Å². The van der Waals surface area contributed by atoms with Crippen LogP contribution in [0.3, 0.4) is 0 Å². The number of carboxylic acids is 1. The van der Waals surface area contributed by atoms with Crippen LogP contribution < -0.4 is 0 Å². The van der Waals surface area contributed by atoms with Crippen molar-refractivity contribution in [2.45, 2.75) is 0 Å². The predicted molar refractivity (Wildman–Crippen MR) is 58.8 cm³/mol. The summed E-state index contributed by atoms with van der Waals surface area (Å²) in [5.41, 5.74) is 0.0528. The minimum Gasteiger partial charge on any atom is -0.478 e. The first-order chi connectivity index (χ1) is 8.09. The molecule has 0 atom stereocenters. The summed E-state index contributed by atoms with van der Waals surface area (Å²) < 4.78 is 26.6. The molecule has 0 spiro atoms. The molecule has 86 valence electrons. The minimum atomic E-state index is -1.18. The van der Waals surface area contributed by atoms with Gasteiger partial charge in [-0.2, -0.15) is 0 Å². The Balaban J connectivity index is 2.68. The molecule has 0 heterocycles. The molecule has 0 aromatic heterocycles. The summed E-state index contributed by atoms with van der Waals surface area (Å²) in [4.78, 5) is 11.0. The molecule has 0 unspecified atom stereocenters. The van der Waals surface area contributed by atoms with Gasteiger partial charge in [-0.15, -0.1) is 0 Å². The molecular formula is C13H8F2O2. The minimum absolute atomic E-state index is 0.0528. The van der Waals surface area contributed by atoms with E-state index in [0.717, 1.165) is 18.2 Å². The van der Waals surface area contributed by atoms with Crippen molar-refractivity contribution in [3.05, 3.63) is 59.7 Å². The third kappa shape index (κ3) is 2.15. The van der Waals surface area contributed by atoms with Gasteiger partial charge in [-0.1, -0.05) is 18.2 Å². The van der Waals surface area contributed by atoms with Gasteiger partial charge >= 0.3 is 5.97 Å². The fourth-order valence-electron chi connectivity index (χ4n) is 1.61. The van der Waals surface area contributed by atoms with Crippen LogP contribution in [0.5, 0.6) is 0 Å². The Morgan fingerprint density at radius 3 is 2.41 bits per heavy atom. The molecule has 1 N–H and O–H groups in total. The van der Waals surface area contributed by atoms with Crippen LogP contribution in [0, 0.1) is 11.6 Å². The van der Waals surface area contributed by atoms with Crippen LogP contribution in [0.4, 0.5) is 8.78 Å². The average molecular weight is 234 g/mol. The molecule has 17 heavy (non-hydrogen) atoms. The summed E-state index contributed by atoms with van der Waals surface area (Å²) in [6.07, 6.45) is 0. The Labute approximate surface area is 96.1 Å². The van der Waals surface area contributed by atoms with Crippen LogP contribution in [0.2, 0.25) is 0 Å². The first-order valence-electron chi connectivity index (χ1n) is 4.87. The van der Waals surface area contributed by atoms with Crippen LogP contribution in [0.1, 0.15) is 10.4 Å². The quantitative estimate of drug-likeness (QED) is 0.865. The number of carbonyl (C=O) groups is 1. The van der Waals surface area contributed by atoms with Gasteiger partial charge in [0.15, 0.2) is 0 Å². The molecule has 0 aliphatic heterocycles. The van der Waals surface area contributed by atoms with Crippen molar-refractivity contribution in [3.63, 3.8) is 0 Å². The zero-order valence-electron chi connectivity index (χ0n) is 8.65. The van der Waals surface area contributed by atoms with E-state index in [2.05, 4.69) is 0 Å². The molecule has 0 saturated carbocycles. The third-order valence-corrected chi connectivity index (χ3v) is 2.38. The fraction of sp³-hybridized carbons (Fsp3) is 0. The van der Waals surface area contributed by atoms with Crippen molar-refractivity contribution in [2.24, 2.45) is 0 Å². The lowest BCUT2D eigenvalue weighted by atomic mass is 9.99. The summed E-state index contributed by atoms with van der Waals surface area (Å²) in [6.45, 7) is 0. The Hall–Kier alpha value is -2.23. The molecule has 0 radical (unpaired) electrons. The van der Waals surface area contributed by atoms with E-state index < -0.39 is 17.6 Å². The van der Waals surface area contributed by atoms with E-state index in [1.54, 1.807) is 6.07 Å². The van der Waals surface area contributed by atoms with Gasteiger partial charge in [-0.3, -0.25) is 0 Å². The normalized spacial score (nSPS) is 10.2. The second kappa shape index (κ2) is 4.33. The summed E-state index contributed by atoms with van der Waals surface area (Å²) in [5.74, 6) is -2.44. The summed E-state index contributed by atoms with van der Waals surface area (Å²) in [6, 6.07) is 8.85. The van der Waals surface area contributed by atoms with Gasteiger partial charge in [-0.25, -0.2) is 13.6 Å². The number of benzene rings is 2. The molecule has 4 heteroatoms. The van der Waals surface area contributed by atoms with Gasteiger partial charge in [0, 0.05) is 5.56 Å². The molecule has 0 bridgehead atoms. The molecule has 2 aromatic carbocycles. The first-order valence-corrected chi connectivity index (χ1v) is 4.87. The molecule has 2 aromatic rings. The number of halogens is 2. The van der Waals surface area contributed by atoms with E-state index >= 15 is 0 Å². The molecule has 0 saturated heterocycles.